The SMILES string of the molecule is CC(C)NC(=O)CN1CCN(C(=O)C2CC2c2ccccc2C(F)(F)F)CC1. The van der Waals surface area contributed by atoms with E-state index in [1.54, 1.807) is 11.0 Å². The Kier molecular flexibility index (Phi) is 5.98. The summed E-state index contributed by atoms with van der Waals surface area (Å²) >= 11 is 0. The lowest BCUT2D eigenvalue weighted by Crippen LogP contribution is -2.52. The highest BCUT2D eigenvalue weighted by molar-refractivity contribution is 5.83. The number of piperazine rings is 1. The van der Waals surface area contributed by atoms with Crippen LogP contribution in [-0.2, 0) is 15.8 Å². The fraction of sp³-hybridized carbons (Fsp3) is 0.600. The average molecular weight is 397 g/mol. The van der Waals surface area contributed by atoms with Crippen molar-refractivity contribution in [3.05, 3.63) is 35.4 Å². The molecule has 0 radical (unpaired) electrons. The van der Waals surface area contributed by atoms with Crippen molar-refractivity contribution in [2.45, 2.75) is 38.4 Å². The zero-order valence-corrected chi connectivity index (χ0v) is 16.1. The zero-order valence-electron chi connectivity index (χ0n) is 16.1. The lowest BCUT2D eigenvalue weighted by atomic mass is 10.0. The predicted octanol–water partition coefficient (Wildman–Crippen LogP) is 2.48. The summed E-state index contributed by atoms with van der Waals surface area (Å²) in [5.74, 6) is -0.853. The third-order valence-corrected chi connectivity index (χ3v) is 5.27. The van der Waals surface area contributed by atoms with Crippen molar-refractivity contribution < 1.29 is 22.8 Å². The van der Waals surface area contributed by atoms with Crippen molar-refractivity contribution in [1.29, 1.82) is 0 Å². The van der Waals surface area contributed by atoms with E-state index in [4.69, 9.17) is 0 Å². The van der Waals surface area contributed by atoms with Gasteiger partial charge in [-0.1, -0.05) is 18.2 Å². The van der Waals surface area contributed by atoms with Crippen LogP contribution in [0.2, 0.25) is 0 Å². The van der Waals surface area contributed by atoms with Crippen LogP contribution in [0.15, 0.2) is 24.3 Å². The molecule has 154 valence electrons. The molecule has 1 aliphatic heterocycles. The van der Waals surface area contributed by atoms with E-state index in [1.807, 2.05) is 18.7 Å². The van der Waals surface area contributed by atoms with E-state index in [2.05, 4.69) is 5.32 Å². The summed E-state index contributed by atoms with van der Waals surface area (Å²) in [5, 5.41) is 2.84. The van der Waals surface area contributed by atoms with Crippen LogP contribution in [0.4, 0.5) is 13.2 Å². The van der Waals surface area contributed by atoms with E-state index in [1.165, 1.54) is 12.1 Å². The second-order valence-electron chi connectivity index (χ2n) is 7.86. The highest BCUT2D eigenvalue weighted by Crippen LogP contribution is 2.51. The molecule has 1 saturated carbocycles. The Labute approximate surface area is 162 Å². The Morgan fingerprint density at radius 2 is 1.79 bits per heavy atom. The average Bonchev–Trinajstić information content (AvgIpc) is 3.41. The number of alkyl halides is 3. The monoisotopic (exact) mass is 397 g/mol. The van der Waals surface area contributed by atoms with Crippen molar-refractivity contribution in [3.63, 3.8) is 0 Å². The Morgan fingerprint density at radius 1 is 1.14 bits per heavy atom. The second-order valence-corrected chi connectivity index (χ2v) is 7.86. The molecule has 28 heavy (non-hydrogen) atoms. The van der Waals surface area contributed by atoms with Crippen molar-refractivity contribution >= 4 is 11.8 Å². The van der Waals surface area contributed by atoms with Gasteiger partial charge in [-0.05, 0) is 37.8 Å². The van der Waals surface area contributed by atoms with Crippen molar-refractivity contribution in [2.24, 2.45) is 5.92 Å². The van der Waals surface area contributed by atoms with Gasteiger partial charge in [0.1, 0.15) is 0 Å². The van der Waals surface area contributed by atoms with Crippen molar-refractivity contribution in [1.82, 2.24) is 15.1 Å². The molecule has 2 unspecified atom stereocenters. The summed E-state index contributed by atoms with van der Waals surface area (Å²) < 4.78 is 39.6. The Hall–Kier alpha value is -2.09. The van der Waals surface area contributed by atoms with Crippen LogP contribution < -0.4 is 5.32 Å². The maximum absolute atomic E-state index is 13.2. The Bertz CT molecular complexity index is 728. The molecule has 0 spiro atoms. The number of nitrogens with one attached hydrogen (secondary N) is 1. The van der Waals surface area contributed by atoms with Gasteiger partial charge in [0.2, 0.25) is 11.8 Å². The highest BCUT2D eigenvalue weighted by Gasteiger charge is 2.49. The molecule has 2 amide bonds. The van der Waals surface area contributed by atoms with Crippen LogP contribution in [0.5, 0.6) is 0 Å². The standard InChI is InChI=1S/C20H26F3N3O2/c1-13(2)24-18(27)12-25-7-9-26(10-8-25)19(28)16-11-15(16)14-5-3-4-6-17(14)20(21,22)23/h3-6,13,15-16H,7-12H2,1-2H3,(H,24,27). The minimum absolute atomic E-state index is 0.0409. The Morgan fingerprint density at radius 3 is 2.39 bits per heavy atom. The number of halogens is 3. The second kappa shape index (κ2) is 8.11. The predicted molar refractivity (Wildman–Crippen MR) is 98.6 cm³/mol. The zero-order chi connectivity index (χ0) is 20.5. The van der Waals surface area contributed by atoms with E-state index in [9.17, 15) is 22.8 Å². The third kappa shape index (κ3) is 4.84. The number of hydrogen-bond acceptors (Lipinski definition) is 3. The number of carbonyl (C=O) groups excluding carboxylic acids is 2. The lowest BCUT2D eigenvalue weighted by molar-refractivity contribution is -0.139. The van der Waals surface area contributed by atoms with E-state index in [-0.39, 0.29) is 35.3 Å². The maximum Gasteiger partial charge on any atom is 0.416 e. The van der Waals surface area contributed by atoms with Gasteiger partial charge in [-0.25, -0.2) is 0 Å². The molecule has 1 heterocycles. The minimum Gasteiger partial charge on any atom is -0.353 e. The van der Waals surface area contributed by atoms with E-state index in [0.717, 1.165) is 6.07 Å². The summed E-state index contributed by atoms with van der Waals surface area (Å²) in [4.78, 5) is 28.3. The van der Waals surface area contributed by atoms with Crippen LogP contribution in [0.1, 0.15) is 37.3 Å². The van der Waals surface area contributed by atoms with E-state index in [0.29, 0.717) is 39.1 Å². The first-order valence-corrected chi connectivity index (χ1v) is 9.63. The van der Waals surface area contributed by atoms with Gasteiger partial charge in [0.15, 0.2) is 0 Å². The van der Waals surface area contributed by atoms with Crippen LogP contribution >= 0.6 is 0 Å². The van der Waals surface area contributed by atoms with Gasteiger partial charge in [0.25, 0.3) is 0 Å². The topological polar surface area (TPSA) is 52.7 Å². The summed E-state index contributed by atoms with van der Waals surface area (Å²) in [5.41, 5.74) is -0.423. The van der Waals surface area contributed by atoms with E-state index < -0.39 is 11.7 Å². The molecule has 3 rings (SSSR count). The van der Waals surface area contributed by atoms with Crippen LogP contribution in [-0.4, -0.2) is 60.4 Å². The molecule has 2 fully saturated rings. The highest BCUT2D eigenvalue weighted by atomic mass is 19.4. The van der Waals surface area contributed by atoms with Crippen LogP contribution in [0.3, 0.4) is 0 Å². The van der Waals surface area contributed by atoms with Gasteiger partial charge in [-0.15, -0.1) is 0 Å². The summed E-state index contributed by atoms with van der Waals surface area (Å²) in [6, 6.07) is 5.61. The van der Waals surface area contributed by atoms with E-state index >= 15 is 0 Å². The molecule has 5 nitrogen and oxygen atoms in total. The Balaban J connectivity index is 1.53. The van der Waals surface area contributed by atoms with Gasteiger partial charge >= 0.3 is 6.18 Å². The van der Waals surface area contributed by atoms with Gasteiger partial charge in [-0.2, -0.15) is 13.2 Å². The molecule has 1 aliphatic carbocycles. The molecule has 0 bridgehead atoms. The summed E-state index contributed by atoms with van der Waals surface area (Å²) in [6.07, 6.45) is -3.95. The first-order valence-electron chi connectivity index (χ1n) is 9.63. The smallest absolute Gasteiger partial charge is 0.353 e. The number of nitrogens with zero attached hydrogens (tertiary/aromatic N) is 2. The molecule has 1 aromatic carbocycles. The van der Waals surface area contributed by atoms with Crippen LogP contribution in [0.25, 0.3) is 0 Å². The quantitative estimate of drug-likeness (QED) is 0.831. The molecule has 1 aromatic rings. The molecule has 1 N–H and O–H groups in total. The first-order chi connectivity index (χ1) is 13.2. The molecule has 1 saturated heterocycles. The molecule has 0 aromatic heterocycles. The number of hydrogen-bond donors (Lipinski definition) is 1. The number of rotatable bonds is 5. The minimum atomic E-state index is -4.41. The van der Waals surface area contributed by atoms with Gasteiger partial charge in [-0.3, -0.25) is 14.5 Å². The summed E-state index contributed by atoms with van der Waals surface area (Å²) in [6.45, 7) is 6.28. The lowest BCUT2D eigenvalue weighted by Gasteiger charge is -2.34. The van der Waals surface area contributed by atoms with Gasteiger partial charge in [0, 0.05) is 38.1 Å². The number of carbonyl (C=O) groups is 2. The van der Waals surface area contributed by atoms with Gasteiger partial charge in [0.05, 0.1) is 12.1 Å². The molecule has 2 atom stereocenters. The molecular weight excluding hydrogens is 371 g/mol. The largest absolute Gasteiger partial charge is 0.416 e. The first kappa shape index (κ1) is 20.6. The molecule has 2 aliphatic rings. The molecule has 8 heteroatoms. The maximum atomic E-state index is 13.2. The fourth-order valence-corrected chi connectivity index (χ4v) is 3.82. The van der Waals surface area contributed by atoms with Crippen molar-refractivity contribution in [2.75, 3.05) is 32.7 Å². The summed E-state index contributed by atoms with van der Waals surface area (Å²) in [7, 11) is 0. The number of benzene rings is 1. The van der Waals surface area contributed by atoms with Crippen LogP contribution in [0, 0.1) is 5.92 Å². The fourth-order valence-electron chi connectivity index (χ4n) is 3.82. The normalized spacial score (nSPS) is 23.0. The van der Waals surface area contributed by atoms with Crippen molar-refractivity contribution in [3.8, 4) is 0 Å². The molecular formula is C20H26F3N3O2. The van der Waals surface area contributed by atoms with Gasteiger partial charge < -0.3 is 10.2 Å². The number of amides is 2. The third-order valence-electron chi connectivity index (χ3n) is 5.27.